The van der Waals surface area contributed by atoms with E-state index in [0.29, 0.717) is 6.42 Å². The summed E-state index contributed by atoms with van der Waals surface area (Å²) in [4.78, 5) is 18.8. The van der Waals surface area contributed by atoms with Gasteiger partial charge in [-0.3, -0.25) is 9.63 Å². The van der Waals surface area contributed by atoms with Gasteiger partial charge in [-0.05, 0) is 52.5 Å². The molecule has 0 saturated carbocycles. The summed E-state index contributed by atoms with van der Waals surface area (Å²) < 4.78 is 0. The number of rotatable bonds is 2. The van der Waals surface area contributed by atoms with Gasteiger partial charge in [0, 0.05) is 23.1 Å². The topological polar surface area (TPSA) is 29.5 Å². The van der Waals surface area contributed by atoms with E-state index in [0.717, 1.165) is 24.0 Å². The summed E-state index contributed by atoms with van der Waals surface area (Å²) in [6, 6.07) is 7.85. The van der Waals surface area contributed by atoms with Crippen LogP contribution in [0.5, 0.6) is 0 Å². The van der Waals surface area contributed by atoms with E-state index in [4.69, 9.17) is 4.84 Å². The Kier molecular flexibility index (Phi) is 3.45. The van der Waals surface area contributed by atoms with Crippen molar-refractivity contribution in [1.29, 1.82) is 0 Å². The van der Waals surface area contributed by atoms with Gasteiger partial charge in [-0.15, -0.1) is 0 Å². The maximum Gasteiger partial charge on any atom is 0.194 e. The Balaban J connectivity index is 1.82. The van der Waals surface area contributed by atoms with Crippen molar-refractivity contribution in [3.63, 3.8) is 0 Å². The van der Waals surface area contributed by atoms with E-state index in [-0.39, 0.29) is 23.0 Å². The second kappa shape index (κ2) is 4.92. The normalized spacial score (nSPS) is 27.6. The van der Waals surface area contributed by atoms with E-state index in [9.17, 15) is 4.79 Å². The molecule has 114 valence electrons. The summed E-state index contributed by atoms with van der Waals surface area (Å²) in [6.07, 6.45) is 3.74. The molecule has 3 rings (SSSR count). The molecule has 3 heteroatoms. The molecule has 1 aromatic rings. The Bertz CT molecular complexity index is 546. The molecule has 0 spiro atoms. The largest absolute Gasteiger partial charge is 0.291 e. The van der Waals surface area contributed by atoms with Gasteiger partial charge in [-0.2, -0.15) is 5.06 Å². The molecule has 3 nitrogen and oxygen atoms in total. The Labute approximate surface area is 127 Å². The predicted molar refractivity (Wildman–Crippen MR) is 83.2 cm³/mol. The summed E-state index contributed by atoms with van der Waals surface area (Å²) in [5, 5.41) is 2.10. The molecular weight excluding hydrogens is 262 g/mol. The van der Waals surface area contributed by atoms with Crippen LogP contribution in [0.2, 0.25) is 0 Å². The van der Waals surface area contributed by atoms with Crippen LogP contribution in [0.15, 0.2) is 24.3 Å². The first-order chi connectivity index (χ1) is 9.81. The maximum atomic E-state index is 12.5. The Morgan fingerprint density at radius 2 is 1.71 bits per heavy atom. The van der Waals surface area contributed by atoms with Gasteiger partial charge in [-0.25, -0.2) is 0 Å². The van der Waals surface area contributed by atoms with Crippen LogP contribution in [0.1, 0.15) is 62.9 Å². The molecule has 1 heterocycles. The lowest BCUT2D eigenvalue weighted by atomic mass is 9.82. The fraction of sp³-hybridized carbons (Fsp3) is 0.611. The zero-order valence-corrected chi connectivity index (χ0v) is 13.5. The van der Waals surface area contributed by atoms with Gasteiger partial charge < -0.3 is 0 Å². The van der Waals surface area contributed by atoms with Crippen molar-refractivity contribution in [1.82, 2.24) is 5.06 Å². The third kappa shape index (κ3) is 2.53. The molecule has 0 bridgehead atoms. The van der Waals surface area contributed by atoms with Crippen molar-refractivity contribution in [3.05, 3.63) is 35.4 Å². The molecule has 1 aromatic carbocycles. The quantitative estimate of drug-likeness (QED) is 0.829. The zero-order chi connectivity index (χ0) is 15.3. The Morgan fingerprint density at radius 1 is 1.10 bits per heavy atom. The molecule has 1 aliphatic carbocycles. The second-order valence-electron chi connectivity index (χ2n) is 7.59. The van der Waals surface area contributed by atoms with Gasteiger partial charge in [-0.1, -0.05) is 24.3 Å². The van der Waals surface area contributed by atoms with Crippen LogP contribution in [-0.4, -0.2) is 28.0 Å². The number of hydrogen-bond acceptors (Lipinski definition) is 3. The SMILES string of the molecule is CC1(C)CCCC(C)(C)N1OC1Cc2ccccc2C1=O. The van der Waals surface area contributed by atoms with Crippen LogP contribution in [-0.2, 0) is 11.3 Å². The average Bonchev–Trinajstić information content (AvgIpc) is 2.71. The van der Waals surface area contributed by atoms with Crippen molar-refractivity contribution < 1.29 is 9.63 Å². The molecule has 2 aliphatic rings. The monoisotopic (exact) mass is 287 g/mol. The summed E-state index contributed by atoms with van der Waals surface area (Å²) >= 11 is 0. The van der Waals surface area contributed by atoms with E-state index < -0.39 is 0 Å². The minimum Gasteiger partial charge on any atom is -0.291 e. The third-order valence-corrected chi connectivity index (χ3v) is 4.89. The van der Waals surface area contributed by atoms with Gasteiger partial charge in [0.1, 0.15) is 6.10 Å². The first-order valence-corrected chi connectivity index (χ1v) is 7.90. The molecular formula is C18H25NO2. The Hall–Kier alpha value is -1.19. The summed E-state index contributed by atoms with van der Waals surface area (Å²) in [5.74, 6) is 0.128. The average molecular weight is 287 g/mol. The van der Waals surface area contributed by atoms with Gasteiger partial charge in [0.15, 0.2) is 5.78 Å². The number of hydrogen-bond donors (Lipinski definition) is 0. The predicted octanol–water partition coefficient (Wildman–Crippen LogP) is 3.77. The van der Waals surface area contributed by atoms with Crippen LogP contribution >= 0.6 is 0 Å². The highest BCUT2D eigenvalue weighted by molar-refractivity contribution is 6.03. The smallest absolute Gasteiger partial charge is 0.194 e. The van der Waals surface area contributed by atoms with Crippen molar-refractivity contribution in [2.75, 3.05) is 0 Å². The molecule has 1 unspecified atom stereocenters. The third-order valence-electron chi connectivity index (χ3n) is 4.89. The number of ketones is 1. The molecule has 0 amide bonds. The van der Waals surface area contributed by atoms with Gasteiger partial charge in [0.25, 0.3) is 0 Å². The number of carbonyl (C=O) groups excluding carboxylic acids is 1. The standard InChI is InChI=1S/C18H25NO2/c1-17(2)10-7-11-18(3,4)19(17)21-15-12-13-8-5-6-9-14(13)16(15)20/h5-6,8-9,15H,7,10-12H2,1-4H3. The summed E-state index contributed by atoms with van der Waals surface area (Å²) in [7, 11) is 0. The van der Waals surface area contributed by atoms with Crippen LogP contribution in [0.3, 0.4) is 0 Å². The molecule has 0 radical (unpaired) electrons. The van der Waals surface area contributed by atoms with Crippen LogP contribution in [0.4, 0.5) is 0 Å². The fourth-order valence-electron chi connectivity index (χ4n) is 3.88. The second-order valence-corrected chi connectivity index (χ2v) is 7.59. The first-order valence-electron chi connectivity index (χ1n) is 7.90. The lowest BCUT2D eigenvalue weighted by Crippen LogP contribution is -2.59. The number of carbonyl (C=O) groups is 1. The number of benzene rings is 1. The molecule has 1 saturated heterocycles. The van der Waals surface area contributed by atoms with Crippen molar-refractivity contribution in [3.8, 4) is 0 Å². The molecule has 1 fully saturated rings. The van der Waals surface area contributed by atoms with E-state index >= 15 is 0 Å². The maximum absolute atomic E-state index is 12.5. The van der Waals surface area contributed by atoms with Crippen molar-refractivity contribution in [2.24, 2.45) is 0 Å². The number of hydroxylamine groups is 2. The Morgan fingerprint density at radius 3 is 2.33 bits per heavy atom. The number of nitrogens with zero attached hydrogens (tertiary/aromatic N) is 1. The highest BCUT2D eigenvalue weighted by Crippen LogP contribution is 2.40. The van der Waals surface area contributed by atoms with Gasteiger partial charge in [0.05, 0.1) is 0 Å². The lowest BCUT2D eigenvalue weighted by Gasteiger charge is -2.52. The molecule has 21 heavy (non-hydrogen) atoms. The van der Waals surface area contributed by atoms with E-state index in [1.165, 1.54) is 6.42 Å². The summed E-state index contributed by atoms with van der Waals surface area (Å²) in [5.41, 5.74) is 1.88. The van der Waals surface area contributed by atoms with E-state index in [1.54, 1.807) is 0 Å². The molecule has 1 aliphatic heterocycles. The van der Waals surface area contributed by atoms with Crippen LogP contribution in [0, 0.1) is 0 Å². The van der Waals surface area contributed by atoms with Crippen LogP contribution in [0.25, 0.3) is 0 Å². The molecule has 1 atom stereocenters. The highest BCUT2D eigenvalue weighted by atomic mass is 16.7. The van der Waals surface area contributed by atoms with E-state index in [1.807, 2.05) is 24.3 Å². The minimum absolute atomic E-state index is 0.0309. The van der Waals surface area contributed by atoms with E-state index in [2.05, 4.69) is 32.8 Å². The number of piperidine rings is 1. The van der Waals surface area contributed by atoms with Gasteiger partial charge >= 0.3 is 0 Å². The summed E-state index contributed by atoms with van der Waals surface area (Å²) in [6.45, 7) is 8.84. The number of Topliss-reactive ketones (excluding diaryl/α,β-unsaturated/α-hetero) is 1. The fourth-order valence-corrected chi connectivity index (χ4v) is 3.88. The minimum atomic E-state index is -0.362. The highest BCUT2D eigenvalue weighted by Gasteiger charge is 2.45. The number of fused-ring (bicyclic) bond motifs is 1. The van der Waals surface area contributed by atoms with Crippen molar-refractivity contribution >= 4 is 5.78 Å². The van der Waals surface area contributed by atoms with Gasteiger partial charge in [0.2, 0.25) is 0 Å². The van der Waals surface area contributed by atoms with Crippen molar-refractivity contribution in [2.45, 2.75) is 70.6 Å². The first kappa shape index (κ1) is 14.7. The van der Waals surface area contributed by atoms with Crippen LogP contribution < -0.4 is 0 Å². The lowest BCUT2D eigenvalue weighted by molar-refractivity contribution is -0.293. The zero-order valence-electron chi connectivity index (χ0n) is 13.5. The molecule has 0 N–H and O–H groups in total. The molecule has 0 aromatic heterocycles.